The lowest BCUT2D eigenvalue weighted by Gasteiger charge is -2.22. The molecule has 5 heteroatoms. The Kier molecular flexibility index (Phi) is 5.54. The van der Waals surface area contributed by atoms with Gasteiger partial charge in [0.05, 0.1) is 12.7 Å². The van der Waals surface area contributed by atoms with Gasteiger partial charge in [0.15, 0.2) is 5.78 Å². The second kappa shape index (κ2) is 7.89. The molecule has 28 heavy (non-hydrogen) atoms. The highest BCUT2D eigenvalue weighted by atomic mass is 16.5. The molecule has 0 spiro atoms. The van der Waals surface area contributed by atoms with Gasteiger partial charge in [-0.3, -0.25) is 4.79 Å². The number of ether oxygens (including phenoxy) is 3. The van der Waals surface area contributed by atoms with Crippen molar-refractivity contribution in [1.82, 2.24) is 0 Å². The third-order valence-corrected chi connectivity index (χ3v) is 4.55. The molecule has 0 saturated heterocycles. The number of ketones is 1. The number of esters is 1. The first-order valence-corrected chi connectivity index (χ1v) is 9.20. The first-order chi connectivity index (χ1) is 13.3. The summed E-state index contributed by atoms with van der Waals surface area (Å²) in [5.41, 5.74) is 3.05. The van der Waals surface area contributed by atoms with Crippen molar-refractivity contribution in [3.8, 4) is 17.2 Å². The molecule has 1 aliphatic rings. The SMILES string of the molecule is C=Cc1cc(C)cc2c1Oc1ccc(C(=O)CC(C)C)c(OC)c1C(=O)OC2. The van der Waals surface area contributed by atoms with E-state index in [4.69, 9.17) is 14.2 Å². The highest BCUT2D eigenvalue weighted by Gasteiger charge is 2.29. The summed E-state index contributed by atoms with van der Waals surface area (Å²) in [6.45, 7) is 9.79. The van der Waals surface area contributed by atoms with Crippen LogP contribution in [0.3, 0.4) is 0 Å². The van der Waals surface area contributed by atoms with Crippen molar-refractivity contribution in [2.24, 2.45) is 5.92 Å². The molecule has 0 bridgehead atoms. The largest absolute Gasteiger partial charge is 0.495 e. The molecule has 1 aliphatic heterocycles. The fraction of sp³-hybridized carbons (Fsp3) is 0.304. The molecule has 0 aliphatic carbocycles. The van der Waals surface area contributed by atoms with Crippen molar-refractivity contribution in [1.29, 1.82) is 0 Å². The Labute approximate surface area is 164 Å². The molecule has 0 saturated carbocycles. The molecule has 146 valence electrons. The number of fused-ring (bicyclic) bond motifs is 2. The smallest absolute Gasteiger partial charge is 0.346 e. The maximum Gasteiger partial charge on any atom is 0.346 e. The lowest BCUT2D eigenvalue weighted by Crippen LogP contribution is -2.15. The van der Waals surface area contributed by atoms with E-state index in [1.165, 1.54) is 7.11 Å². The second-order valence-electron chi connectivity index (χ2n) is 7.27. The first-order valence-electron chi connectivity index (χ1n) is 9.20. The van der Waals surface area contributed by atoms with Crippen molar-refractivity contribution in [3.05, 3.63) is 58.7 Å². The van der Waals surface area contributed by atoms with E-state index in [1.54, 1.807) is 18.2 Å². The van der Waals surface area contributed by atoms with E-state index in [2.05, 4.69) is 6.58 Å². The zero-order valence-electron chi connectivity index (χ0n) is 16.6. The van der Waals surface area contributed by atoms with Gasteiger partial charge in [-0.2, -0.15) is 0 Å². The highest BCUT2D eigenvalue weighted by molar-refractivity contribution is 6.05. The summed E-state index contributed by atoms with van der Waals surface area (Å²) in [5.74, 6) is 0.565. The molecule has 0 N–H and O–H groups in total. The van der Waals surface area contributed by atoms with Crippen molar-refractivity contribution >= 4 is 17.8 Å². The summed E-state index contributed by atoms with van der Waals surface area (Å²) in [4.78, 5) is 25.4. The minimum Gasteiger partial charge on any atom is -0.495 e. The molecule has 0 unspecified atom stereocenters. The number of benzene rings is 2. The van der Waals surface area contributed by atoms with Gasteiger partial charge in [0.1, 0.15) is 29.4 Å². The number of carbonyl (C=O) groups is 2. The van der Waals surface area contributed by atoms with Crippen LogP contribution in [0.5, 0.6) is 17.2 Å². The maximum absolute atomic E-state index is 12.8. The lowest BCUT2D eigenvalue weighted by atomic mass is 9.97. The number of hydrogen-bond acceptors (Lipinski definition) is 5. The van der Waals surface area contributed by atoms with Crippen molar-refractivity contribution in [2.45, 2.75) is 33.8 Å². The second-order valence-corrected chi connectivity index (χ2v) is 7.27. The number of aryl methyl sites for hydroxylation is 1. The van der Waals surface area contributed by atoms with Crippen LogP contribution in [-0.4, -0.2) is 18.9 Å². The van der Waals surface area contributed by atoms with Crippen LogP contribution in [0.4, 0.5) is 0 Å². The fourth-order valence-electron chi connectivity index (χ4n) is 3.34. The molecule has 1 heterocycles. The Bertz CT molecular complexity index is 956. The Hall–Kier alpha value is -3.08. The summed E-state index contributed by atoms with van der Waals surface area (Å²) in [5, 5.41) is 0. The molecule has 0 atom stereocenters. The van der Waals surface area contributed by atoms with Gasteiger partial charge >= 0.3 is 5.97 Å². The monoisotopic (exact) mass is 380 g/mol. The number of cyclic esters (lactones) is 1. The summed E-state index contributed by atoms with van der Waals surface area (Å²) in [6.07, 6.45) is 2.06. The summed E-state index contributed by atoms with van der Waals surface area (Å²) >= 11 is 0. The number of hydrogen-bond donors (Lipinski definition) is 0. The molecule has 3 rings (SSSR count). The van der Waals surface area contributed by atoms with E-state index in [0.717, 1.165) is 16.7 Å². The summed E-state index contributed by atoms with van der Waals surface area (Å²) in [7, 11) is 1.43. The van der Waals surface area contributed by atoms with Gasteiger partial charge in [-0.15, -0.1) is 0 Å². The highest BCUT2D eigenvalue weighted by Crippen LogP contribution is 2.41. The lowest BCUT2D eigenvalue weighted by molar-refractivity contribution is 0.0455. The third kappa shape index (κ3) is 3.65. The average molecular weight is 380 g/mol. The van der Waals surface area contributed by atoms with Gasteiger partial charge in [-0.05, 0) is 42.7 Å². The van der Waals surface area contributed by atoms with Gasteiger partial charge < -0.3 is 14.2 Å². The normalized spacial score (nSPS) is 12.8. The molecule has 0 aromatic heterocycles. The standard InChI is InChI=1S/C23H24O5/c1-6-15-10-14(4)11-16-12-27-23(25)20-19(28-21(15)16)8-7-17(22(20)26-5)18(24)9-13(2)3/h6-8,10-11,13H,1,9,12H2,2-5H3. The van der Waals surface area contributed by atoms with Gasteiger partial charge in [0.2, 0.25) is 0 Å². The van der Waals surface area contributed by atoms with Crippen molar-refractivity contribution in [3.63, 3.8) is 0 Å². The van der Waals surface area contributed by atoms with Crippen LogP contribution in [0.2, 0.25) is 0 Å². The maximum atomic E-state index is 12.8. The number of Topliss-reactive ketones (excluding diaryl/α,β-unsaturated/α-hetero) is 1. The minimum absolute atomic E-state index is 0.0590. The topological polar surface area (TPSA) is 61.8 Å². The molecular formula is C23H24O5. The number of carbonyl (C=O) groups excluding carboxylic acids is 2. The van der Waals surface area contributed by atoms with Crippen molar-refractivity contribution in [2.75, 3.05) is 7.11 Å². The summed E-state index contributed by atoms with van der Waals surface area (Å²) in [6, 6.07) is 7.12. The minimum atomic E-state index is -0.585. The molecule has 0 radical (unpaired) electrons. The van der Waals surface area contributed by atoms with Crippen LogP contribution in [0, 0.1) is 12.8 Å². The molecular weight excluding hydrogens is 356 g/mol. The molecule has 2 aromatic carbocycles. The molecule has 5 nitrogen and oxygen atoms in total. The van der Waals surface area contributed by atoms with E-state index < -0.39 is 5.97 Å². The van der Waals surface area contributed by atoms with E-state index in [9.17, 15) is 9.59 Å². The van der Waals surface area contributed by atoms with Gasteiger partial charge in [0.25, 0.3) is 0 Å². The summed E-state index contributed by atoms with van der Waals surface area (Å²) < 4.78 is 17.1. The Balaban J connectivity index is 2.17. The van der Waals surface area contributed by atoms with E-state index in [0.29, 0.717) is 17.7 Å². The van der Waals surface area contributed by atoms with Crippen molar-refractivity contribution < 1.29 is 23.8 Å². The predicted octanol–water partition coefficient (Wildman–Crippen LogP) is 5.34. The molecule has 2 aromatic rings. The van der Waals surface area contributed by atoms with Crippen LogP contribution >= 0.6 is 0 Å². The fourth-order valence-corrected chi connectivity index (χ4v) is 3.34. The zero-order valence-corrected chi connectivity index (χ0v) is 16.6. The predicted molar refractivity (Wildman–Crippen MR) is 107 cm³/mol. The van der Waals surface area contributed by atoms with Gasteiger partial charge in [-0.25, -0.2) is 4.79 Å². The van der Waals surface area contributed by atoms with Crippen LogP contribution < -0.4 is 9.47 Å². The van der Waals surface area contributed by atoms with Gasteiger partial charge in [-0.1, -0.05) is 26.5 Å². The Morgan fingerprint density at radius 2 is 2.07 bits per heavy atom. The third-order valence-electron chi connectivity index (χ3n) is 4.55. The van der Waals surface area contributed by atoms with Crippen LogP contribution in [0.25, 0.3) is 6.08 Å². The molecule has 0 fully saturated rings. The molecule has 0 amide bonds. The number of rotatable bonds is 5. The zero-order chi connectivity index (χ0) is 20.4. The first kappa shape index (κ1) is 19.7. The van der Waals surface area contributed by atoms with E-state index in [-0.39, 0.29) is 35.4 Å². The van der Waals surface area contributed by atoms with Crippen LogP contribution in [-0.2, 0) is 11.3 Å². The van der Waals surface area contributed by atoms with E-state index >= 15 is 0 Å². The van der Waals surface area contributed by atoms with E-state index in [1.807, 2.05) is 32.9 Å². The number of methoxy groups -OCH3 is 1. The Morgan fingerprint density at radius 1 is 1.32 bits per heavy atom. The Morgan fingerprint density at radius 3 is 2.71 bits per heavy atom. The van der Waals surface area contributed by atoms with Crippen LogP contribution in [0.1, 0.15) is 57.7 Å². The van der Waals surface area contributed by atoms with Crippen LogP contribution in [0.15, 0.2) is 30.8 Å². The van der Waals surface area contributed by atoms with Gasteiger partial charge in [0, 0.05) is 17.5 Å². The average Bonchev–Trinajstić information content (AvgIpc) is 2.64. The quantitative estimate of drug-likeness (QED) is 0.518.